The maximum Gasteiger partial charge on any atom is 0.226 e. The molecule has 1 fully saturated rings. The Bertz CT molecular complexity index is 859. The monoisotopic (exact) mass is 361 g/mol. The van der Waals surface area contributed by atoms with Gasteiger partial charge in [0.25, 0.3) is 0 Å². The van der Waals surface area contributed by atoms with Crippen molar-refractivity contribution in [3.63, 3.8) is 0 Å². The van der Waals surface area contributed by atoms with E-state index in [1.165, 1.54) is 19.3 Å². The number of hydrogen-bond donors (Lipinski definition) is 0. The lowest BCUT2D eigenvalue weighted by Crippen LogP contribution is -2.39. The zero-order valence-electron chi connectivity index (χ0n) is 16.2. The van der Waals surface area contributed by atoms with Crippen LogP contribution in [-0.4, -0.2) is 28.3 Å². The molecule has 2 unspecified atom stereocenters. The number of aryl methyl sites for hydroxylation is 1. The van der Waals surface area contributed by atoms with Gasteiger partial charge in [-0.05, 0) is 51.0 Å². The third kappa shape index (κ3) is 3.80. The number of aromatic nitrogens is 2. The zero-order chi connectivity index (χ0) is 18.8. The van der Waals surface area contributed by atoms with E-state index in [2.05, 4.69) is 36.1 Å². The summed E-state index contributed by atoms with van der Waals surface area (Å²) in [6.45, 7) is 5.20. The van der Waals surface area contributed by atoms with Crippen molar-refractivity contribution in [3.05, 3.63) is 58.9 Å². The molecular formula is C23H27N3O. The number of rotatable bonds is 3. The van der Waals surface area contributed by atoms with Crippen molar-refractivity contribution >= 4 is 17.8 Å². The number of anilines is 1. The van der Waals surface area contributed by atoms with Crippen LogP contribution in [0.15, 0.2) is 36.4 Å². The van der Waals surface area contributed by atoms with E-state index in [-0.39, 0.29) is 11.7 Å². The Kier molecular flexibility index (Phi) is 5.06. The quantitative estimate of drug-likeness (QED) is 0.800. The standard InChI is InChI=1S/C23H27N3O/c1-16-8-6-7-13-26(16)23-24-17(2)22-20(25-23)14-19(15-21(22)27)12-11-18-9-4-3-5-10-18/h3-5,9-12,16,19H,6-8,13-15H2,1-2H3/b12-11+. The third-order valence-corrected chi connectivity index (χ3v) is 5.76. The molecule has 1 aliphatic heterocycles. The van der Waals surface area contributed by atoms with Crippen LogP contribution < -0.4 is 4.90 Å². The number of fused-ring (bicyclic) bond motifs is 1. The Morgan fingerprint density at radius 1 is 1.11 bits per heavy atom. The summed E-state index contributed by atoms with van der Waals surface area (Å²) in [5.41, 5.74) is 3.68. The van der Waals surface area contributed by atoms with E-state index in [1.807, 2.05) is 25.1 Å². The van der Waals surface area contributed by atoms with Gasteiger partial charge >= 0.3 is 0 Å². The van der Waals surface area contributed by atoms with E-state index in [9.17, 15) is 4.79 Å². The van der Waals surface area contributed by atoms with Crippen LogP contribution in [0, 0.1) is 12.8 Å². The van der Waals surface area contributed by atoms with Crippen molar-refractivity contribution in [2.45, 2.75) is 52.0 Å². The summed E-state index contributed by atoms with van der Waals surface area (Å²) >= 11 is 0. The lowest BCUT2D eigenvalue weighted by molar-refractivity contribution is 0.0956. The number of carbonyl (C=O) groups excluding carboxylic acids is 1. The van der Waals surface area contributed by atoms with Crippen molar-refractivity contribution in [3.8, 4) is 0 Å². The third-order valence-electron chi connectivity index (χ3n) is 5.76. The van der Waals surface area contributed by atoms with E-state index in [0.29, 0.717) is 12.5 Å². The minimum Gasteiger partial charge on any atom is -0.338 e. The molecule has 0 radical (unpaired) electrons. The molecule has 0 saturated carbocycles. The predicted octanol–water partition coefficient (Wildman–Crippen LogP) is 4.62. The number of nitrogens with zero attached hydrogens (tertiary/aromatic N) is 3. The predicted molar refractivity (Wildman–Crippen MR) is 109 cm³/mol. The molecule has 0 N–H and O–H groups in total. The van der Waals surface area contributed by atoms with Gasteiger partial charge in [0.1, 0.15) is 0 Å². The van der Waals surface area contributed by atoms with E-state index < -0.39 is 0 Å². The zero-order valence-corrected chi connectivity index (χ0v) is 16.2. The summed E-state index contributed by atoms with van der Waals surface area (Å²) in [5.74, 6) is 1.18. The molecule has 0 amide bonds. The fraction of sp³-hybridized carbons (Fsp3) is 0.435. The Morgan fingerprint density at radius 2 is 1.93 bits per heavy atom. The average molecular weight is 361 g/mol. The minimum absolute atomic E-state index is 0.176. The maximum atomic E-state index is 12.8. The lowest BCUT2D eigenvalue weighted by atomic mass is 9.84. The van der Waals surface area contributed by atoms with Crippen molar-refractivity contribution in [1.82, 2.24) is 9.97 Å². The molecule has 0 spiro atoms. The molecule has 1 saturated heterocycles. The first kappa shape index (κ1) is 17.9. The molecule has 2 aromatic rings. The number of ketones is 1. The second kappa shape index (κ2) is 7.63. The van der Waals surface area contributed by atoms with Gasteiger partial charge in [-0.15, -0.1) is 0 Å². The van der Waals surface area contributed by atoms with Gasteiger partial charge in [-0.25, -0.2) is 9.97 Å². The molecule has 1 aliphatic carbocycles. The fourth-order valence-corrected chi connectivity index (χ4v) is 4.26. The number of Topliss-reactive ketones (excluding diaryl/α,β-unsaturated/α-hetero) is 1. The van der Waals surface area contributed by atoms with Gasteiger partial charge in [-0.3, -0.25) is 4.79 Å². The highest BCUT2D eigenvalue weighted by molar-refractivity contribution is 5.99. The largest absolute Gasteiger partial charge is 0.338 e. The number of piperidine rings is 1. The number of allylic oxidation sites excluding steroid dienone is 1. The van der Waals surface area contributed by atoms with Crippen LogP contribution in [-0.2, 0) is 6.42 Å². The first-order valence-corrected chi connectivity index (χ1v) is 10.0. The highest BCUT2D eigenvalue weighted by Gasteiger charge is 2.29. The van der Waals surface area contributed by atoms with Gasteiger partial charge < -0.3 is 4.90 Å². The average Bonchev–Trinajstić information content (AvgIpc) is 2.67. The second-order valence-corrected chi connectivity index (χ2v) is 7.83. The minimum atomic E-state index is 0.176. The van der Waals surface area contributed by atoms with Crippen molar-refractivity contribution in [2.24, 2.45) is 5.92 Å². The Labute approximate surface area is 161 Å². The first-order chi connectivity index (χ1) is 13.1. The number of carbonyl (C=O) groups is 1. The lowest BCUT2D eigenvalue weighted by Gasteiger charge is -2.34. The highest BCUT2D eigenvalue weighted by Crippen LogP contribution is 2.30. The van der Waals surface area contributed by atoms with Gasteiger partial charge in [0.2, 0.25) is 5.95 Å². The van der Waals surface area contributed by atoms with Crippen molar-refractivity contribution in [2.75, 3.05) is 11.4 Å². The molecular weight excluding hydrogens is 334 g/mol. The number of hydrogen-bond acceptors (Lipinski definition) is 4. The Morgan fingerprint density at radius 3 is 2.70 bits per heavy atom. The smallest absolute Gasteiger partial charge is 0.226 e. The summed E-state index contributed by atoms with van der Waals surface area (Å²) in [7, 11) is 0. The molecule has 1 aromatic carbocycles. The SMILES string of the molecule is Cc1nc(N2CCCCC2C)nc2c1C(=O)CC(/C=C/c1ccccc1)C2. The van der Waals surface area contributed by atoms with Gasteiger partial charge in [0.15, 0.2) is 5.78 Å². The van der Waals surface area contributed by atoms with Gasteiger partial charge in [0, 0.05) is 19.0 Å². The summed E-state index contributed by atoms with van der Waals surface area (Å²) < 4.78 is 0. The van der Waals surface area contributed by atoms with Crippen LogP contribution in [0.3, 0.4) is 0 Å². The van der Waals surface area contributed by atoms with Gasteiger partial charge in [-0.1, -0.05) is 42.5 Å². The molecule has 140 valence electrons. The van der Waals surface area contributed by atoms with Crippen molar-refractivity contribution in [1.29, 1.82) is 0 Å². The molecule has 4 nitrogen and oxygen atoms in total. The highest BCUT2D eigenvalue weighted by atomic mass is 16.1. The van der Waals surface area contributed by atoms with E-state index in [1.54, 1.807) is 0 Å². The normalized spacial score (nSPS) is 22.9. The summed E-state index contributed by atoms with van der Waals surface area (Å²) in [5, 5.41) is 0. The van der Waals surface area contributed by atoms with Gasteiger partial charge in [-0.2, -0.15) is 0 Å². The van der Waals surface area contributed by atoms with Crippen molar-refractivity contribution < 1.29 is 4.79 Å². The molecule has 2 aliphatic rings. The fourth-order valence-electron chi connectivity index (χ4n) is 4.26. The van der Waals surface area contributed by atoms with E-state index in [0.717, 1.165) is 41.4 Å². The molecule has 2 atom stereocenters. The van der Waals surface area contributed by atoms with Crippen LogP contribution in [0.1, 0.15) is 59.9 Å². The van der Waals surface area contributed by atoms with E-state index in [4.69, 9.17) is 9.97 Å². The number of benzene rings is 1. The molecule has 0 bridgehead atoms. The van der Waals surface area contributed by atoms with Crippen LogP contribution in [0.25, 0.3) is 6.08 Å². The first-order valence-electron chi connectivity index (χ1n) is 10.0. The summed E-state index contributed by atoms with van der Waals surface area (Å²) in [6.07, 6.45) is 9.27. The summed E-state index contributed by atoms with van der Waals surface area (Å²) in [4.78, 5) is 24.6. The molecule has 1 aromatic heterocycles. The molecule has 2 heterocycles. The second-order valence-electron chi connectivity index (χ2n) is 7.83. The van der Waals surface area contributed by atoms with Gasteiger partial charge in [0.05, 0.1) is 17.0 Å². The van der Waals surface area contributed by atoms with Crippen LogP contribution in [0.5, 0.6) is 0 Å². The summed E-state index contributed by atoms with van der Waals surface area (Å²) in [6, 6.07) is 10.7. The molecule has 4 heteroatoms. The van der Waals surface area contributed by atoms with Crippen LogP contribution in [0.2, 0.25) is 0 Å². The van der Waals surface area contributed by atoms with E-state index >= 15 is 0 Å². The van der Waals surface area contributed by atoms with Crippen LogP contribution >= 0.6 is 0 Å². The topological polar surface area (TPSA) is 46.1 Å². The maximum absolute atomic E-state index is 12.8. The Balaban J connectivity index is 1.60. The Hall–Kier alpha value is -2.49. The molecule has 27 heavy (non-hydrogen) atoms. The van der Waals surface area contributed by atoms with Crippen LogP contribution in [0.4, 0.5) is 5.95 Å². The molecule has 4 rings (SSSR count).